The standard InChI is InChI=1S/C15H16N2OS.C2HF3O2/c1-16-14-8-17(9-14)15(18)12-4-2-3-11(7-12)13-5-6-19-10-13;3-2(4,5)1(6)7/h2-7,10,14,16H,8-9H2,1H3;(H,6,7). The second kappa shape index (κ2) is 8.33. The molecule has 2 aromatic rings. The lowest BCUT2D eigenvalue weighted by Crippen LogP contribution is -2.58. The molecule has 1 amide bonds. The summed E-state index contributed by atoms with van der Waals surface area (Å²) in [4.78, 5) is 23.1. The van der Waals surface area contributed by atoms with Gasteiger partial charge in [-0.1, -0.05) is 12.1 Å². The smallest absolute Gasteiger partial charge is 0.475 e. The fraction of sp³-hybridized carbons (Fsp3) is 0.294. The molecule has 9 heteroatoms. The molecule has 0 unspecified atom stereocenters. The van der Waals surface area contributed by atoms with E-state index in [-0.39, 0.29) is 5.91 Å². The number of likely N-dealkylation sites (N-methyl/N-ethyl adjacent to an activating group) is 1. The third-order valence-corrected chi connectivity index (χ3v) is 4.47. The fourth-order valence-electron chi connectivity index (χ4n) is 2.27. The SMILES string of the molecule is CNC1CN(C(=O)c2cccc(-c3ccsc3)c2)C1.O=C(O)C(F)(F)F. The van der Waals surface area contributed by atoms with Crippen LogP contribution in [0.5, 0.6) is 0 Å². The number of hydrogen-bond acceptors (Lipinski definition) is 4. The summed E-state index contributed by atoms with van der Waals surface area (Å²) in [5, 5.41) is 14.5. The molecule has 2 heterocycles. The molecule has 140 valence electrons. The zero-order chi connectivity index (χ0) is 19.3. The summed E-state index contributed by atoms with van der Waals surface area (Å²) in [6.07, 6.45) is -5.08. The van der Waals surface area contributed by atoms with Crippen molar-refractivity contribution in [1.29, 1.82) is 0 Å². The third-order valence-electron chi connectivity index (χ3n) is 3.78. The number of likely N-dealkylation sites (tertiary alicyclic amines) is 1. The number of aliphatic carboxylic acids is 1. The van der Waals surface area contributed by atoms with E-state index in [1.807, 2.05) is 36.2 Å². The van der Waals surface area contributed by atoms with Crippen LogP contribution in [-0.2, 0) is 4.79 Å². The van der Waals surface area contributed by atoms with Gasteiger partial charge in [0, 0.05) is 24.7 Å². The molecule has 3 rings (SSSR count). The number of benzene rings is 1. The van der Waals surface area contributed by atoms with Crippen LogP contribution >= 0.6 is 11.3 Å². The minimum Gasteiger partial charge on any atom is -0.475 e. The molecular formula is C17H17F3N2O3S. The quantitative estimate of drug-likeness (QED) is 0.851. The van der Waals surface area contributed by atoms with Crippen LogP contribution in [0.15, 0.2) is 41.1 Å². The van der Waals surface area contributed by atoms with Crippen LogP contribution in [0.25, 0.3) is 11.1 Å². The molecular weight excluding hydrogens is 369 g/mol. The number of halogens is 3. The van der Waals surface area contributed by atoms with E-state index in [4.69, 9.17) is 9.90 Å². The zero-order valence-corrected chi connectivity index (χ0v) is 14.6. The van der Waals surface area contributed by atoms with Gasteiger partial charge < -0.3 is 15.3 Å². The second-order valence-electron chi connectivity index (χ2n) is 5.59. The lowest BCUT2D eigenvalue weighted by Gasteiger charge is -2.39. The van der Waals surface area contributed by atoms with Gasteiger partial charge >= 0.3 is 12.1 Å². The summed E-state index contributed by atoms with van der Waals surface area (Å²) >= 11 is 1.67. The van der Waals surface area contributed by atoms with E-state index in [1.54, 1.807) is 11.3 Å². The minimum absolute atomic E-state index is 0.128. The van der Waals surface area contributed by atoms with E-state index in [2.05, 4.69) is 22.1 Å². The summed E-state index contributed by atoms with van der Waals surface area (Å²) in [6.45, 7) is 1.61. The topological polar surface area (TPSA) is 69.6 Å². The van der Waals surface area contributed by atoms with Crippen LogP contribution < -0.4 is 5.32 Å². The molecule has 1 aromatic heterocycles. The Morgan fingerprint density at radius 2 is 1.88 bits per heavy atom. The number of amides is 1. The minimum atomic E-state index is -5.08. The molecule has 2 N–H and O–H groups in total. The molecule has 0 aliphatic carbocycles. The summed E-state index contributed by atoms with van der Waals surface area (Å²) in [5.41, 5.74) is 3.06. The van der Waals surface area contributed by atoms with Gasteiger partial charge in [0.15, 0.2) is 0 Å². The largest absolute Gasteiger partial charge is 0.490 e. The Bertz CT molecular complexity index is 757. The first-order valence-electron chi connectivity index (χ1n) is 7.61. The lowest BCUT2D eigenvalue weighted by atomic mass is 10.0. The van der Waals surface area contributed by atoms with Gasteiger partial charge in [-0.05, 0) is 47.1 Å². The molecule has 0 atom stereocenters. The molecule has 0 saturated carbocycles. The highest BCUT2D eigenvalue weighted by molar-refractivity contribution is 7.08. The molecule has 5 nitrogen and oxygen atoms in total. The number of hydrogen-bond donors (Lipinski definition) is 2. The number of rotatable bonds is 3. The van der Waals surface area contributed by atoms with Crippen molar-refractivity contribution in [3.05, 3.63) is 46.7 Å². The molecule has 1 fully saturated rings. The van der Waals surface area contributed by atoms with Crippen molar-refractivity contribution in [3.63, 3.8) is 0 Å². The molecule has 1 aliphatic heterocycles. The fourth-order valence-corrected chi connectivity index (χ4v) is 2.94. The van der Waals surface area contributed by atoms with Crippen LogP contribution in [0.4, 0.5) is 13.2 Å². The van der Waals surface area contributed by atoms with Crippen molar-refractivity contribution >= 4 is 23.2 Å². The van der Waals surface area contributed by atoms with E-state index >= 15 is 0 Å². The highest BCUT2D eigenvalue weighted by Crippen LogP contribution is 2.24. The van der Waals surface area contributed by atoms with Crippen LogP contribution in [0.3, 0.4) is 0 Å². The molecule has 0 bridgehead atoms. The van der Waals surface area contributed by atoms with Crippen molar-refractivity contribution in [2.24, 2.45) is 0 Å². The molecule has 0 spiro atoms. The van der Waals surface area contributed by atoms with Gasteiger partial charge in [-0.3, -0.25) is 4.79 Å². The highest BCUT2D eigenvalue weighted by atomic mass is 32.1. The molecule has 0 radical (unpaired) electrons. The van der Waals surface area contributed by atoms with E-state index in [0.717, 1.165) is 24.2 Å². The van der Waals surface area contributed by atoms with E-state index < -0.39 is 12.1 Å². The number of carbonyl (C=O) groups excluding carboxylic acids is 1. The first kappa shape index (κ1) is 19.9. The Balaban J connectivity index is 0.000000298. The third kappa shape index (κ3) is 5.06. The van der Waals surface area contributed by atoms with Crippen LogP contribution in [0, 0.1) is 0 Å². The predicted octanol–water partition coefficient (Wildman–Crippen LogP) is 3.09. The number of nitrogens with zero attached hydrogens (tertiary/aromatic N) is 1. The van der Waals surface area contributed by atoms with E-state index in [1.165, 1.54) is 5.56 Å². The number of thiophene rings is 1. The Morgan fingerprint density at radius 3 is 2.38 bits per heavy atom. The molecule has 1 aliphatic rings. The van der Waals surface area contributed by atoms with Crippen molar-refractivity contribution in [1.82, 2.24) is 10.2 Å². The first-order chi connectivity index (χ1) is 12.2. The summed E-state index contributed by atoms with van der Waals surface area (Å²) < 4.78 is 31.7. The van der Waals surface area contributed by atoms with Crippen LogP contribution in [0.2, 0.25) is 0 Å². The maximum absolute atomic E-state index is 12.3. The van der Waals surface area contributed by atoms with E-state index in [9.17, 15) is 18.0 Å². The van der Waals surface area contributed by atoms with Crippen LogP contribution in [0.1, 0.15) is 10.4 Å². The average molecular weight is 386 g/mol. The first-order valence-corrected chi connectivity index (χ1v) is 8.56. The zero-order valence-electron chi connectivity index (χ0n) is 13.8. The Labute approximate surface area is 152 Å². The molecule has 1 aromatic carbocycles. The Morgan fingerprint density at radius 1 is 1.23 bits per heavy atom. The maximum Gasteiger partial charge on any atom is 0.490 e. The molecule has 26 heavy (non-hydrogen) atoms. The second-order valence-corrected chi connectivity index (χ2v) is 6.37. The van der Waals surface area contributed by atoms with Crippen LogP contribution in [-0.4, -0.2) is 54.2 Å². The summed E-state index contributed by atoms with van der Waals surface area (Å²) in [5.74, 6) is -2.63. The van der Waals surface area contributed by atoms with Gasteiger partial charge in [-0.15, -0.1) is 0 Å². The number of nitrogens with one attached hydrogen (secondary N) is 1. The summed E-state index contributed by atoms with van der Waals surface area (Å²) in [6, 6.07) is 10.4. The summed E-state index contributed by atoms with van der Waals surface area (Å²) in [7, 11) is 1.93. The number of carboxylic acids is 1. The Hall–Kier alpha value is -2.39. The van der Waals surface area contributed by atoms with Crippen molar-refractivity contribution in [2.45, 2.75) is 12.2 Å². The van der Waals surface area contributed by atoms with Crippen molar-refractivity contribution < 1.29 is 27.9 Å². The van der Waals surface area contributed by atoms with Gasteiger partial charge in [0.2, 0.25) is 0 Å². The molecule has 1 saturated heterocycles. The van der Waals surface area contributed by atoms with Gasteiger partial charge in [-0.2, -0.15) is 24.5 Å². The number of carboxylic acid groups (broad SMARTS) is 1. The Kier molecular flexibility index (Phi) is 6.38. The monoisotopic (exact) mass is 386 g/mol. The van der Waals surface area contributed by atoms with Gasteiger partial charge in [0.1, 0.15) is 0 Å². The van der Waals surface area contributed by atoms with E-state index in [0.29, 0.717) is 6.04 Å². The van der Waals surface area contributed by atoms with Gasteiger partial charge in [0.25, 0.3) is 5.91 Å². The number of alkyl halides is 3. The number of carbonyl (C=O) groups is 2. The maximum atomic E-state index is 12.3. The van der Waals surface area contributed by atoms with Crippen molar-refractivity contribution in [3.8, 4) is 11.1 Å². The normalized spacial score (nSPS) is 14.2. The van der Waals surface area contributed by atoms with Crippen molar-refractivity contribution in [2.75, 3.05) is 20.1 Å². The lowest BCUT2D eigenvalue weighted by molar-refractivity contribution is -0.192. The highest BCUT2D eigenvalue weighted by Gasteiger charge is 2.38. The predicted molar refractivity (Wildman–Crippen MR) is 92.2 cm³/mol. The van der Waals surface area contributed by atoms with Gasteiger partial charge in [-0.25, -0.2) is 4.79 Å². The van der Waals surface area contributed by atoms with Gasteiger partial charge in [0.05, 0.1) is 0 Å². The average Bonchev–Trinajstić information content (AvgIpc) is 3.08.